The smallest absolute Gasteiger partial charge is 0.269 e. The number of aromatic nitrogens is 3. The Labute approximate surface area is 96.9 Å². The summed E-state index contributed by atoms with van der Waals surface area (Å²) in [5.74, 6) is -0.231. The van der Waals surface area contributed by atoms with Gasteiger partial charge in [0.05, 0.1) is 12.2 Å². The number of fused-ring (bicyclic) bond motifs is 1. The van der Waals surface area contributed by atoms with Crippen LogP contribution in [-0.2, 0) is 0 Å². The number of aliphatic hydroxyl groups excluding tert-OH is 1. The molecule has 0 bridgehead atoms. The third-order valence-corrected chi connectivity index (χ3v) is 2.62. The van der Waals surface area contributed by atoms with Crippen molar-refractivity contribution in [1.82, 2.24) is 20.1 Å². The molecule has 1 amide bonds. The third kappa shape index (κ3) is 1.58. The first-order chi connectivity index (χ1) is 8.25. The zero-order chi connectivity index (χ0) is 11.8. The van der Waals surface area contributed by atoms with Crippen LogP contribution in [0.15, 0.2) is 30.5 Å². The molecule has 3 rings (SSSR count). The first kappa shape index (κ1) is 9.98. The fraction of sp³-hybridized carbons (Fsp3) is 0.182. The van der Waals surface area contributed by atoms with Crippen LogP contribution < -0.4 is 5.32 Å². The number of amides is 1. The fourth-order valence-corrected chi connectivity index (χ4v) is 1.79. The summed E-state index contributed by atoms with van der Waals surface area (Å²) < 4.78 is 1.32. The number of nitrogens with one attached hydrogen (secondary N) is 1. The Morgan fingerprint density at radius 2 is 2.29 bits per heavy atom. The van der Waals surface area contributed by atoms with Gasteiger partial charge in [-0.15, -0.1) is 0 Å². The van der Waals surface area contributed by atoms with E-state index >= 15 is 0 Å². The average Bonchev–Trinajstić information content (AvgIpc) is 2.81. The van der Waals surface area contributed by atoms with Crippen molar-refractivity contribution in [2.24, 2.45) is 0 Å². The molecule has 2 N–H and O–H groups in total. The standard InChI is InChI=1S/C11H10N4O2/c16-10-6-13-11(17)9-5-8(14-15(9)10)7-3-1-2-4-12-7/h1-5,10,16H,6H2,(H,13,17). The predicted octanol–water partition coefficient (Wildman–Crippen LogP) is 0.179. The Bertz CT molecular complexity index is 564. The number of aliphatic hydroxyl groups is 1. The van der Waals surface area contributed by atoms with E-state index in [9.17, 15) is 9.90 Å². The quantitative estimate of drug-likeness (QED) is 0.732. The van der Waals surface area contributed by atoms with Crippen molar-refractivity contribution in [3.8, 4) is 11.4 Å². The van der Waals surface area contributed by atoms with E-state index in [0.29, 0.717) is 17.1 Å². The van der Waals surface area contributed by atoms with Crippen molar-refractivity contribution in [2.75, 3.05) is 6.54 Å². The highest BCUT2D eigenvalue weighted by Crippen LogP contribution is 2.20. The van der Waals surface area contributed by atoms with Gasteiger partial charge in [-0.05, 0) is 18.2 Å². The molecule has 0 fully saturated rings. The molecular weight excluding hydrogens is 220 g/mol. The number of carbonyl (C=O) groups excluding carboxylic acids is 1. The van der Waals surface area contributed by atoms with Gasteiger partial charge in [0.25, 0.3) is 5.91 Å². The van der Waals surface area contributed by atoms with Crippen LogP contribution >= 0.6 is 0 Å². The second-order valence-corrected chi connectivity index (χ2v) is 3.77. The lowest BCUT2D eigenvalue weighted by atomic mass is 10.2. The number of carbonyl (C=O) groups is 1. The minimum absolute atomic E-state index is 0.176. The minimum Gasteiger partial charge on any atom is -0.370 e. The Morgan fingerprint density at radius 1 is 1.41 bits per heavy atom. The van der Waals surface area contributed by atoms with E-state index in [4.69, 9.17) is 0 Å². The van der Waals surface area contributed by atoms with Gasteiger partial charge in [0, 0.05) is 6.20 Å². The molecule has 6 nitrogen and oxygen atoms in total. The van der Waals surface area contributed by atoms with Crippen LogP contribution in [0.25, 0.3) is 11.4 Å². The number of hydrogen-bond donors (Lipinski definition) is 2. The summed E-state index contributed by atoms with van der Waals surface area (Å²) in [6, 6.07) is 7.08. The molecule has 0 radical (unpaired) electrons. The number of hydrogen-bond acceptors (Lipinski definition) is 4. The molecule has 17 heavy (non-hydrogen) atoms. The topological polar surface area (TPSA) is 80.0 Å². The second kappa shape index (κ2) is 3.67. The van der Waals surface area contributed by atoms with E-state index in [2.05, 4.69) is 15.4 Å². The summed E-state index contributed by atoms with van der Waals surface area (Å²) in [6.45, 7) is 0.176. The van der Waals surface area contributed by atoms with Crippen LogP contribution in [0, 0.1) is 0 Å². The molecular formula is C11H10N4O2. The lowest BCUT2D eigenvalue weighted by Gasteiger charge is -2.19. The molecule has 3 heterocycles. The minimum atomic E-state index is -0.819. The molecule has 2 aromatic rings. The van der Waals surface area contributed by atoms with Crippen LogP contribution in [0.2, 0.25) is 0 Å². The SMILES string of the molecule is O=C1NCC(O)n2nc(-c3ccccn3)cc21. The maximum Gasteiger partial charge on any atom is 0.269 e. The van der Waals surface area contributed by atoms with Gasteiger partial charge in [0.1, 0.15) is 11.4 Å². The largest absolute Gasteiger partial charge is 0.370 e. The van der Waals surface area contributed by atoms with Gasteiger partial charge in [-0.3, -0.25) is 9.78 Å². The highest BCUT2D eigenvalue weighted by molar-refractivity contribution is 5.94. The zero-order valence-electron chi connectivity index (χ0n) is 8.87. The molecule has 0 spiro atoms. The molecule has 0 saturated carbocycles. The molecule has 86 valence electrons. The zero-order valence-corrected chi connectivity index (χ0v) is 8.87. The van der Waals surface area contributed by atoms with E-state index in [1.165, 1.54) is 4.68 Å². The van der Waals surface area contributed by atoms with Crippen LogP contribution in [0.4, 0.5) is 0 Å². The molecule has 1 unspecified atom stereocenters. The van der Waals surface area contributed by atoms with E-state index in [1.54, 1.807) is 24.4 Å². The van der Waals surface area contributed by atoms with Crippen molar-refractivity contribution in [2.45, 2.75) is 6.23 Å². The molecule has 0 saturated heterocycles. The molecule has 2 aromatic heterocycles. The molecule has 6 heteroatoms. The first-order valence-electron chi connectivity index (χ1n) is 5.23. The lowest BCUT2D eigenvalue weighted by molar-refractivity contribution is 0.0594. The monoisotopic (exact) mass is 230 g/mol. The Balaban J connectivity index is 2.10. The molecule has 1 atom stereocenters. The normalized spacial score (nSPS) is 18.6. The van der Waals surface area contributed by atoms with E-state index in [1.807, 2.05) is 6.07 Å². The molecule has 0 aliphatic carbocycles. The van der Waals surface area contributed by atoms with Crippen molar-refractivity contribution >= 4 is 5.91 Å². The Hall–Kier alpha value is -2.21. The van der Waals surface area contributed by atoms with Gasteiger partial charge in [-0.2, -0.15) is 5.10 Å². The number of β-amino-alcohol motifs (C(OH)–C–C–N with tert-alkyl or cyclic N) is 1. The summed E-state index contributed by atoms with van der Waals surface area (Å²) in [6.07, 6.45) is 0.838. The average molecular weight is 230 g/mol. The van der Waals surface area contributed by atoms with Crippen LogP contribution in [0.5, 0.6) is 0 Å². The highest BCUT2D eigenvalue weighted by Gasteiger charge is 2.25. The van der Waals surface area contributed by atoms with Crippen LogP contribution in [0.3, 0.4) is 0 Å². The second-order valence-electron chi connectivity index (χ2n) is 3.77. The first-order valence-corrected chi connectivity index (χ1v) is 5.23. The van der Waals surface area contributed by atoms with Gasteiger partial charge in [-0.1, -0.05) is 6.07 Å². The third-order valence-electron chi connectivity index (χ3n) is 2.62. The molecule has 1 aliphatic rings. The molecule has 0 aromatic carbocycles. The fourth-order valence-electron chi connectivity index (χ4n) is 1.79. The van der Waals surface area contributed by atoms with Gasteiger partial charge >= 0.3 is 0 Å². The number of pyridine rings is 1. The van der Waals surface area contributed by atoms with E-state index in [0.717, 1.165) is 0 Å². The number of nitrogens with zero attached hydrogens (tertiary/aromatic N) is 3. The summed E-state index contributed by atoms with van der Waals surface area (Å²) in [7, 11) is 0. The summed E-state index contributed by atoms with van der Waals surface area (Å²) in [4.78, 5) is 15.7. The molecule has 1 aliphatic heterocycles. The van der Waals surface area contributed by atoms with Gasteiger partial charge < -0.3 is 10.4 Å². The van der Waals surface area contributed by atoms with Crippen molar-refractivity contribution < 1.29 is 9.90 Å². The lowest BCUT2D eigenvalue weighted by Crippen LogP contribution is -2.39. The van der Waals surface area contributed by atoms with Crippen molar-refractivity contribution in [3.63, 3.8) is 0 Å². The van der Waals surface area contributed by atoms with Crippen LogP contribution in [-0.4, -0.2) is 32.3 Å². The van der Waals surface area contributed by atoms with E-state index < -0.39 is 6.23 Å². The summed E-state index contributed by atoms with van der Waals surface area (Å²) >= 11 is 0. The summed E-state index contributed by atoms with van der Waals surface area (Å²) in [5.41, 5.74) is 1.61. The van der Waals surface area contributed by atoms with Crippen molar-refractivity contribution in [3.05, 3.63) is 36.2 Å². The van der Waals surface area contributed by atoms with Crippen molar-refractivity contribution in [1.29, 1.82) is 0 Å². The maximum absolute atomic E-state index is 11.6. The van der Waals surface area contributed by atoms with Gasteiger partial charge in [0.15, 0.2) is 6.23 Å². The Morgan fingerprint density at radius 3 is 3.00 bits per heavy atom. The van der Waals surface area contributed by atoms with Crippen LogP contribution in [0.1, 0.15) is 16.7 Å². The maximum atomic E-state index is 11.6. The predicted molar refractivity (Wildman–Crippen MR) is 59.0 cm³/mol. The van der Waals surface area contributed by atoms with E-state index in [-0.39, 0.29) is 12.5 Å². The summed E-state index contributed by atoms with van der Waals surface area (Å²) in [5, 5.41) is 16.5. The van der Waals surface area contributed by atoms with Gasteiger partial charge in [-0.25, -0.2) is 4.68 Å². The highest BCUT2D eigenvalue weighted by atomic mass is 16.3. The number of rotatable bonds is 1. The Kier molecular flexibility index (Phi) is 2.15. The van der Waals surface area contributed by atoms with Gasteiger partial charge in [0.2, 0.25) is 0 Å².